The van der Waals surface area contributed by atoms with E-state index in [9.17, 15) is 4.79 Å². The van der Waals surface area contributed by atoms with Crippen molar-refractivity contribution < 1.29 is 47.9 Å². The molecule has 4 aromatic rings. The van der Waals surface area contributed by atoms with Crippen molar-refractivity contribution in [2.75, 3.05) is 23.9 Å². The molecule has 55 heavy (non-hydrogen) atoms. The first-order valence-corrected chi connectivity index (χ1v) is 18.6. The van der Waals surface area contributed by atoms with Gasteiger partial charge in [-0.1, -0.05) is 62.6 Å². The van der Waals surface area contributed by atoms with E-state index in [-0.39, 0.29) is 58.4 Å². The van der Waals surface area contributed by atoms with E-state index in [1.54, 1.807) is 21.8 Å². The molecule has 0 aliphatic carbocycles. The smallest absolute Gasteiger partial charge is 0.421 e. The number of aromatic nitrogens is 8. The summed E-state index contributed by atoms with van der Waals surface area (Å²) in [6, 6.07) is 0. The van der Waals surface area contributed by atoms with Crippen LogP contribution in [0.2, 0.25) is 0 Å². The molecule has 0 atom stereocenters. The van der Waals surface area contributed by atoms with Crippen molar-refractivity contribution in [3.63, 3.8) is 0 Å². The topological polar surface area (TPSA) is 219 Å². The Hall–Kier alpha value is -3.39. The van der Waals surface area contributed by atoms with E-state index in [2.05, 4.69) is 49.8 Å². The Morgan fingerprint density at radius 1 is 0.727 bits per heavy atom. The Morgan fingerprint density at radius 2 is 1.16 bits per heavy atom. The van der Waals surface area contributed by atoms with Gasteiger partial charge in [-0.15, -0.1) is 24.0 Å². The minimum atomic E-state index is -0.0184. The van der Waals surface area contributed by atoms with Crippen LogP contribution < -0.4 is 66.0 Å². The van der Waals surface area contributed by atoms with Gasteiger partial charge in [0.25, 0.3) is 0 Å². The molecule has 0 radical (unpaired) electrons. The van der Waals surface area contributed by atoms with Gasteiger partial charge in [0, 0.05) is 42.7 Å². The highest BCUT2D eigenvalue weighted by Crippen LogP contribution is 2.25. The highest BCUT2D eigenvalue weighted by atomic mass is 79.9. The van der Waals surface area contributed by atoms with Crippen LogP contribution in [0.1, 0.15) is 85.0 Å². The van der Waals surface area contributed by atoms with Crippen LogP contribution in [0.4, 0.5) is 34.9 Å². The molecule has 17 nitrogen and oxygen atoms in total. The standard InChI is InChI=1S/C18H30N8O.C16H26ClN7.2BrH.ClH.H3N/c1-4-5-6-7-11-26-17(19)16(14-21-26)22-23-18-24(3)12-13-25(18)10-8-9-20-15(2)27;1-3-4-5-6-10-24-15(18)14(13-19-24)20-21-16-22(2)11-12-23(16)9-7-8-17;;;;/h12-14,19H,4-11H2,1-3H3,(H,20,27);11-13,18H,3-10H2,1-2H3;3*1H;1H3. The second-order valence-corrected chi connectivity index (χ2v) is 12.9. The maximum absolute atomic E-state index is 10.9. The van der Waals surface area contributed by atoms with Gasteiger partial charge in [0.15, 0.2) is 23.0 Å². The minimum absolute atomic E-state index is 0. The molecule has 0 aliphatic heterocycles. The second kappa shape index (κ2) is 29.8. The lowest BCUT2D eigenvalue weighted by Crippen LogP contribution is -3.00. The van der Waals surface area contributed by atoms with Crippen molar-refractivity contribution >= 4 is 64.8 Å². The molecule has 8 N–H and O–H groups in total. The number of anilines is 2. The van der Waals surface area contributed by atoms with Gasteiger partial charge in [-0.2, -0.15) is 10.2 Å². The van der Waals surface area contributed by atoms with Gasteiger partial charge >= 0.3 is 11.9 Å². The lowest BCUT2D eigenvalue weighted by molar-refractivity contribution is -0.657. The van der Waals surface area contributed by atoms with E-state index < -0.39 is 0 Å². The molecule has 4 aromatic heterocycles. The highest BCUT2D eigenvalue weighted by molar-refractivity contribution is 6.17. The summed E-state index contributed by atoms with van der Waals surface area (Å²) in [5, 5.41) is 28.7. The first-order chi connectivity index (χ1) is 24.7. The molecular formula is C34H62Br2Cl2N16O. The maximum Gasteiger partial charge on any atom is 0.421 e. The van der Waals surface area contributed by atoms with E-state index in [0.717, 1.165) is 57.8 Å². The average molecular weight is 942 g/mol. The van der Waals surface area contributed by atoms with Crippen LogP contribution in [-0.2, 0) is 45.1 Å². The number of nitrogen functional groups attached to an aromatic ring is 2. The summed E-state index contributed by atoms with van der Waals surface area (Å²) in [6.07, 6.45) is 22.2. The van der Waals surface area contributed by atoms with Gasteiger partial charge in [0.1, 0.15) is 0 Å². The summed E-state index contributed by atoms with van der Waals surface area (Å²) in [5.74, 6) is 3.19. The molecular weight excluding hydrogens is 879 g/mol. The number of hydrogen-bond acceptors (Lipinski definition) is 10. The van der Waals surface area contributed by atoms with Crippen molar-refractivity contribution in [3.05, 3.63) is 37.2 Å². The molecule has 0 aromatic carbocycles. The number of nitrogens with two attached hydrogens (primary N) is 2. The predicted molar refractivity (Wildman–Crippen MR) is 212 cm³/mol. The predicted octanol–water partition coefficient (Wildman–Crippen LogP) is 0.921. The number of rotatable bonds is 21. The molecule has 4 rings (SSSR count). The Kier molecular flexibility index (Phi) is 29.1. The molecule has 0 saturated carbocycles. The zero-order valence-electron chi connectivity index (χ0n) is 33.0. The van der Waals surface area contributed by atoms with E-state index in [1.807, 2.05) is 57.2 Å². The number of nitrogens with zero attached hydrogens (tertiary/aromatic N) is 12. The van der Waals surface area contributed by atoms with Crippen LogP contribution in [0.25, 0.3) is 0 Å². The fourth-order valence-corrected chi connectivity index (χ4v) is 5.36. The molecule has 4 heterocycles. The number of carbonyl (C=O) groups excluding carboxylic acids is 1. The number of unbranched alkanes of at least 4 members (excludes halogenated alkanes) is 6. The van der Waals surface area contributed by atoms with E-state index in [0.29, 0.717) is 41.4 Å². The minimum Gasteiger partial charge on any atom is -1.00 e. The van der Waals surface area contributed by atoms with Crippen molar-refractivity contribution in [3.8, 4) is 0 Å². The van der Waals surface area contributed by atoms with Crippen LogP contribution >= 0.6 is 24.0 Å². The Labute approximate surface area is 357 Å². The molecule has 0 unspecified atom stereocenters. The Balaban J connectivity index is 0. The van der Waals surface area contributed by atoms with Gasteiger partial charge < -0.3 is 56.9 Å². The zero-order valence-corrected chi connectivity index (χ0v) is 37.7. The zero-order chi connectivity index (χ0) is 37.0. The largest absolute Gasteiger partial charge is 1.00 e. The van der Waals surface area contributed by atoms with Crippen molar-refractivity contribution in [2.45, 2.75) is 111 Å². The number of amides is 1. The number of carbonyl (C=O) groups is 1. The van der Waals surface area contributed by atoms with Crippen molar-refractivity contribution in [1.29, 1.82) is 0 Å². The number of nitrogens with one attached hydrogen (secondary N) is 1. The Morgan fingerprint density at radius 3 is 1.56 bits per heavy atom. The molecule has 0 fully saturated rings. The van der Waals surface area contributed by atoms with Gasteiger partial charge in [0.05, 0.1) is 64.4 Å². The fraction of sp³-hybridized carbons (Fsp3) is 0.618. The third-order valence-corrected chi connectivity index (χ3v) is 8.50. The van der Waals surface area contributed by atoms with Crippen molar-refractivity contribution in [1.82, 2.24) is 40.2 Å². The van der Waals surface area contributed by atoms with Crippen LogP contribution in [0.5, 0.6) is 0 Å². The lowest BCUT2D eigenvalue weighted by atomic mass is 10.2. The first-order valence-electron chi connectivity index (χ1n) is 18.1. The molecule has 312 valence electrons. The molecule has 0 spiro atoms. The van der Waals surface area contributed by atoms with Crippen molar-refractivity contribution in [2.24, 2.45) is 34.6 Å². The van der Waals surface area contributed by atoms with Gasteiger partial charge in [-0.3, -0.25) is 4.79 Å². The molecule has 0 bridgehead atoms. The highest BCUT2D eigenvalue weighted by Gasteiger charge is 2.17. The summed E-state index contributed by atoms with van der Waals surface area (Å²) in [4.78, 5) is 10.9. The first kappa shape index (κ1) is 53.7. The lowest BCUT2D eigenvalue weighted by Gasteiger charge is -2.03. The number of imidazole rings is 2. The molecule has 21 heteroatoms. The third kappa shape index (κ3) is 18.0. The summed E-state index contributed by atoms with van der Waals surface area (Å²) in [7, 11) is 3.85. The number of alkyl halides is 1. The number of aryl methyl sites for hydroxylation is 6. The van der Waals surface area contributed by atoms with E-state index in [1.165, 1.54) is 45.4 Å². The number of halogens is 4. The van der Waals surface area contributed by atoms with Gasteiger partial charge in [-0.25, -0.2) is 27.6 Å². The monoisotopic (exact) mass is 938 g/mol. The van der Waals surface area contributed by atoms with E-state index >= 15 is 0 Å². The normalized spacial score (nSPS) is 10.7. The summed E-state index contributed by atoms with van der Waals surface area (Å²) in [5.41, 5.74) is 13.5. The average Bonchev–Trinajstić information content (AvgIpc) is 3.86. The van der Waals surface area contributed by atoms with Crippen LogP contribution in [0.15, 0.2) is 57.6 Å². The third-order valence-electron chi connectivity index (χ3n) is 8.23. The molecule has 0 saturated heterocycles. The van der Waals surface area contributed by atoms with Gasteiger partial charge in [-0.05, 0) is 25.7 Å². The fourth-order valence-electron chi connectivity index (χ4n) is 5.24. The number of azo groups is 2. The number of hydrogen-bond donors (Lipinski definition) is 4. The van der Waals surface area contributed by atoms with Crippen LogP contribution in [0, 0.1) is 0 Å². The summed E-state index contributed by atoms with van der Waals surface area (Å²) in [6.45, 7) is 9.71. The maximum atomic E-state index is 10.9. The summed E-state index contributed by atoms with van der Waals surface area (Å²) < 4.78 is 11.4. The van der Waals surface area contributed by atoms with Gasteiger partial charge in [0.2, 0.25) is 5.91 Å². The summed E-state index contributed by atoms with van der Waals surface area (Å²) >= 11 is 5.77. The SMILES string of the molecule is CCCCCCn1ncc(N=Nc2n(CCCCl)cc[n+]2C)c1N.CCCCCCn1ncc(N=Nc2n(CCCNC(C)=O)cc[n+]2C)c1N.Cl.N.[Br-].[Br-]. The quantitative estimate of drug-likeness (QED) is 0.0412. The molecule has 1 amide bonds. The van der Waals surface area contributed by atoms with Crippen LogP contribution in [-0.4, -0.2) is 47.0 Å². The van der Waals surface area contributed by atoms with E-state index in [4.69, 9.17) is 23.1 Å². The Bertz CT molecular complexity index is 1680. The second-order valence-electron chi connectivity index (χ2n) is 12.5. The molecule has 0 aliphatic rings. The van der Waals surface area contributed by atoms with Crippen LogP contribution in [0.3, 0.4) is 0 Å².